The van der Waals surface area contributed by atoms with Crippen LogP contribution in [0.5, 0.6) is 0 Å². The van der Waals surface area contributed by atoms with E-state index in [1.165, 1.54) is 10.7 Å². The summed E-state index contributed by atoms with van der Waals surface area (Å²) in [4.78, 5) is 12.0. The number of hydrogen-bond donors (Lipinski definition) is 2. The Balaban J connectivity index is 1.61. The molecule has 1 aliphatic rings. The minimum Gasteiger partial charge on any atom is -0.336 e. The number of thioether (sulfide) groups is 1. The van der Waals surface area contributed by atoms with E-state index in [0.717, 1.165) is 36.7 Å². The van der Waals surface area contributed by atoms with Gasteiger partial charge in [-0.25, -0.2) is 4.68 Å². The van der Waals surface area contributed by atoms with Gasteiger partial charge in [0.1, 0.15) is 0 Å². The van der Waals surface area contributed by atoms with Crippen LogP contribution in [-0.2, 0) is 11.0 Å². The normalized spacial score (nSPS) is 14.6. The molecule has 1 aliphatic carbocycles. The average Bonchev–Trinajstić information content (AvgIpc) is 3.30. The molecule has 0 bridgehead atoms. The highest BCUT2D eigenvalue weighted by atomic mass is 35.5. The maximum absolute atomic E-state index is 12.8. The highest BCUT2D eigenvalue weighted by molar-refractivity contribution is 7.99. The average molecular weight is 392 g/mol. The Bertz CT molecular complexity index is 806. The molecule has 11 heteroatoms. The number of amides is 1. The van der Waals surface area contributed by atoms with E-state index in [1.54, 1.807) is 0 Å². The van der Waals surface area contributed by atoms with Gasteiger partial charge in [-0.3, -0.25) is 4.79 Å². The number of alkyl halides is 3. The zero-order valence-corrected chi connectivity index (χ0v) is 14.3. The van der Waals surface area contributed by atoms with Crippen LogP contribution in [0.25, 0.3) is 0 Å². The molecule has 2 aromatic rings. The molecule has 0 aliphatic heterocycles. The molecule has 1 amide bonds. The highest BCUT2D eigenvalue weighted by Gasteiger charge is 2.33. The summed E-state index contributed by atoms with van der Waals surface area (Å²) in [5.74, 6) is 6.30. The third-order valence-corrected chi connectivity index (χ3v) is 4.79. The molecule has 3 rings (SSSR count). The Hall–Kier alpha value is -1.94. The van der Waals surface area contributed by atoms with E-state index in [1.807, 2.05) is 0 Å². The van der Waals surface area contributed by atoms with Gasteiger partial charge < -0.3 is 11.2 Å². The lowest BCUT2D eigenvalue weighted by Crippen LogP contribution is -2.17. The fourth-order valence-electron chi connectivity index (χ4n) is 2.15. The number of carbonyl (C=O) groups excluding carboxylic acids is 1. The van der Waals surface area contributed by atoms with Crippen LogP contribution < -0.4 is 11.2 Å². The molecule has 1 heterocycles. The number of aromatic nitrogens is 3. The second kappa shape index (κ2) is 6.75. The molecule has 0 radical (unpaired) electrons. The van der Waals surface area contributed by atoms with E-state index >= 15 is 0 Å². The van der Waals surface area contributed by atoms with Crippen LogP contribution in [0.2, 0.25) is 5.02 Å². The summed E-state index contributed by atoms with van der Waals surface area (Å²) in [5.41, 5.74) is -0.995. The molecule has 3 N–H and O–H groups in total. The molecular weight excluding hydrogens is 379 g/mol. The lowest BCUT2D eigenvalue weighted by molar-refractivity contribution is -0.137. The maximum atomic E-state index is 12.8. The molecule has 0 atom stereocenters. The molecular formula is C14H13ClF3N5OS. The van der Waals surface area contributed by atoms with Gasteiger partial charge >= 0.3 is 6.18 Å². The minimum absolute atomic E-state index is 0.00945. The summed E-state index contributed by atoms with van der Waals surface area (Å²) in [7, 11) is 0. The zero-order valence-electron chi connectivity index (χ0n) is 12.7. The van der Waals surface area contributed by atoms with Crippen LogP contribution >= 0.6 is 23.4 Å². The Morgan fingerprint density at radius 3 is 2.76 bits per heavy atom. The number of nitrogen functional groups attached to an aromatic ring is 1. The van der Waals surface area contributed by atoms with E-state index in [4.69, 9.17) is 17.4 Å². The van der Waals surface area contributed by atoms with Crippen LogP contribution in [-0.4, -0.2) is 26.5 Å². The van der Waals surface area contributed by atoms with Gasteiger partial charge in [0.15, 0.2) is 5.82 Å². The minimum atomic E-state index is -4.60. The predicted molar refractivity (Wildman–Crippen MR) is 88.0 cm³/mol. The standard InChI is InChI=1S/C14H13ClF3N5OS/c15-10-4-3-8(5-9(10)14(16,17)18)20-11(24)6-25-13-22-21-12(23(13)19)7-1-2-7/h3-5,7H,1-2,6,19H2,(H,20,24). The Labute approximate surface area is 149 Å². The van der Waals surface area contributed by atoms with E-state index < -0.39 is 22.7 Å². The van der Waals surface area contributed by atoms with E-state index in [9.17, 15) is 18.0 Å². The van der Waals surface area contributed by atoms with E-state index in [0.29, 0.717) is 16.9 Å². The molecule has 134 valence electrons. The number of benzene rings is 1. The number of anilines is 1. The summed E-state index contributed by atoms with van der Waals surface area (Å²) >= 11 is 6.60. The monoisotopic (exact) mass is 391 g/mol. The van der Waals surface area contributed by atoms with Crippen molar-refractivity contribution >= 4 is 35.0 Å². The number of nitrogens with zero attached hydrogens (tertiary/aromatic N) is 3. The Morgan fingerprint density at radius 2 is 2.12 bits per heavy atom. The van der Waals surface area contributed by atoms with Crippen molar-refractivity contribution in [2.45, 2.75) is 30.1 Å². The first-order chi connectivity index (χ1) is 11.8. The van der Waals surface area contributed by atoms with Crippen molar-refractivity contribution in [2.24, 2.45) is 0 Å². The third kappa shape index (κ3) is 4.18. The maximum Gasteiger partial charge on any atom is 0.417 e. The number of nitrogens with one attached hydrogen (secondary N) is 1. The molecule has 1 aromatic heterocycles. The topological polar surface area (TPSA) is 85.8 Å². The molecule has 0 unspecified atom stereocenters. The van der Waals surface area contributed by atoms with Crippen LogP contribution in [0.1, 0.15) is 30.1 Å². The van der Waals surface area contributed by atoms with Crippen molar-refractivity contribution in [3.63, 3.8) is 0 Å². The van der Waals surface area contributed by atoms with E-state index in [-0.39, 0.29) is 11.4 Å². The SMILES string of the molecule is Nn1c(SCC(=O)Nc2ccc(Cl)c(C(F)(F)F)c2)nnc1C1CC1. The summed E-state index contributed by atoms with van der Waals surface area (Å²) in [6, 6.07) is 3.18. The second-order valence-corrected chi connectivity index (χ2v) is 6.86. The first-order valence-corrected chi connectivity index (χ1v) is 8.62. The van der Waals surface area contributed by atoms with Gasteiger partial charge in [0.05, 0.1) is 16.3 Å². The third-order valence-electron chi connectivity index (χ3n) is 3.52. The number of nitrogens with two attached hydrogens (primary N) is 1. The van der Waals surface area contributed by atoms with Gasteiger partial charge in [-0.05, 0) is 31.0 Å². The highest BCUT2D eigenvalue weighted by Crippen LogP contribution is 2.39. The summed E-state index contributed by atoms with van der Waals surface area (Å²) < 4.78 is 39.8. The van der Waals surface area contributed by atoms with Gasteiger partial charge in [-0.2, -0.15) is 13.2 Å². The van der Waals surface area contributed by atoms with Crippen molar-refractivity contribution in [2.75, 3.05) is 16.9 Å². The molecule has 0 saturated heterocycles. The van der Waals surface area contributed by atoms with Crippen molar-refractivity contribution in [1.29, 1.82) is 0 Å². The first kappa shape index (κ1) is 17.9. The Kier molecular flexibility index (Phi) is 4.83. The molecule has 1 fully saturated rings. The number of hydrogen-bond acceptors (Lipinski definition) is 5. The lowest BCUT2D eigenvalue weighted by Gasteiger charge is -2.11. The molecule has 1 aromatic carbocycles. The molecule has 1 saturated carbocycles. The summed E-state index contributed by atoms with van der Waals surface area (Å²) in [6.07, 6.45) is -2.57. The largest absolute Gasteiger partial charge is 0.417 e. The van der Waals surface area contributed by atoms with Crippen molar-refractivity contribution in [3.05, 3.63) is 34.6 Å². The van der Waals surface area contributed by atoms with Crippen LogP contribution in [0, 0.1) is 0 Å². The number of carbonyl (C=O) groups is 1. The predicted octanol–water partition coefficient (Wildman–Crippen LogP) is 3.27. The van der Waals surface area contributed by atoms with Crippen LogP contribution in [0.15, 0.2) is 23.4 Å². The van der Waals surface area contributed by atoms with Gasteiger partial charge in [0, 0.05) is 11.6 Å². The Morgan fingerprint density at radius 1 is 1.40 bits per heavy atom. The molecule has 0 spiro atoms. The summed E-state index contributed by atoms with van der Waals surface area (Å²) in [6.45, 7) is 0. The first-order valence-electron chi connectivity index (χ1n) is 7.25. The van der Waals surface area contributed by atoms with Gasteiger partial charge in [-0.15, -0.1) is 10.2 Å². The van der Waals surface area contributed by atoms with Crippen LogP contribution in [0.4, 0.5) is 18.9 Å². The van der Waals surface area contributed by atoms with E-state index in [2.05, 4.69) is 15.5 Å². The zero-order chi connectivity index (χ0) is 18.2. The fraction of sp³-hybridized carbons (Fsp3) is 0.357. The van der Waals surface area contributed by atoms with Gasteiger partial charge in [-0.1, -0.05) is 23.4 Å². The van der Waals surface area contributed by atoms with Gasteiger partial charge in [0.2, 0.25) is 11.1 Å². The molecule has 6 nitrogen and oxygen atoms in total. The fourth-order valence-corrected chi connectivity index (χ4v) is 3.04. The number of halogens is 4. The van der Waals surface area contributed by atoms with Crippen molar-refractivity contribution in [1.82, 2.24) is 14.9 Å². The quantitative estimate of drug-likeness (QED) is 0.603. The van der Waals surface area contributed by atoms with Crippen molar-refractivity contribution < 1.29 is 18.0 Å². The summed E-state index contributed by atoms with van der Waals surface area (Å²) in [5, 5.41) is 10.3. The number of rotatable bonds is 5. The van der Waals surface area contributed by atoms with Gasteiger partial charge in [0.25, 0.3) is 0 Å². The smallest absolute Gasteiger partial charge is 0.336 e. The van der Waals surface area contributed by atoms with Crippen molar-refractivity contribution in [3.8, 4) is 0 Å². The van der Waals surface area contributed by atoms with Crippen LogP contribution in [0.3, 0.4) is 0 Å². The lowest BCUT2D eigenvalue weighted by atomic mass is 10.2. The second-order valence-electron chi connectivity index (χ2n) is 5.51. The molecule has 25 heavy (non-hydrogen) atoms.